The second-order valence-corrected chi connectivity index (χ2v) is 5.88. The number of thiazole rings is 1. The predicted molar refractivity (Wildman–Crippen MR) is 76.9 cm³/mol. The van der Waals surface area contributed by atoms with Crippen molar-refractivity contribution in [2.24, 2.45) is 0 Å². The Morgan fingerprint density at radius 2 is 2.15 bits per heavy atom. The van der Waals surface area contributed by atoms with Gasteiger partial charge in [-0.1, -0.05) is 0 Å². The standard InChI is InChI=1S/C14H18N2O3S/c1-4-19-14(18)9(8-16(2)3)12(17)13-15-10-6-5-7-11(10)20-13/h8H,4-7H2,1-3H3. The van der Waals surface area contributed by atoms with E-state index in [2.05, 4.69) is 4.98 Å². The second-order valence-electron chi connectivity index (χ2n) is 4.80. The van der Waals surface area contributed by atoms with Gasteiger partial charge in [0.1, 0.15) is 5.57 Å². The molecular weight excluding hydrogens is 276 g/mol. The number of fused-ring (bicyclic) bond motifs is 1. The summed E-state index contributed by atoms with van der Waals surface area (Å²) in [6, 6.07) is 0. The fraction of sp³-hybridized carbons (Fsp3) is 0.500. The maximum Gasteiger partial charge on any atom is 0.343 e. The van der Waals surface area contributed by atoms with Crippen LogP contribution in [0.4, 0.5) is 0 Å². The number of Topliss-reactive ketones (excluding diaryl/α,β-unsaturated/α-hetero) is 1. The normalized spacial score (nSPS) is 14.1. The third-order valence-corrected chi connectivity index (χ3v) is 4.07. The van der Waals surface area contributed by atoms with Gasteiger partial charge in [-0.2, -0.15) is 0 Å². The van der Waals surface area contributed by atoms with Crippen LogP contribution in [0.15, 0.2) is 11.8 Å². The van der Waals surface area contributed by atoms with Gasteiger partial charge in [0, 0.05) is 25.2 Å². The Hall–Kier alpha value is -1.69. The summed E-state index contributed by atoms with van der Waals surface area (Å²) in [6.45, 7) is 1.96. The van der Waals surface area contributed by atoms with E-state index in [-0.39, 0.29) is 18.0 Å². The van der Waals surface area contributed by atoms with Gasteiger partial charge in [-0.3, -0.25) is 4.79 Å². The molecule has 1 aromatic heterocycles. The molecule has 0 aliphatic heterocycles. The van der Waals surface area contributed by atoms with Crippen LogP contribution in [0.2, 0.25) is 0 Å². The summed E-state index contributed by atoms with van der Waals surface area (Å²) >= 11 is 1.39. The van der Waals surface area contributed by atoms with Crippen LogP contribution in [-0.2, 0) is 22.4 Å². The highest BCUT2D eigenvalue weighted by atomic mass is 32.1. The Morgan fingerprint density at radius 1 is 1.40 bits per heavy atom. The number of rotatable bonds is 5. The van der Waals surface area contributed by atoms with E-state index in [4.69, 9.17) is 4.74 Å². The van der Waals surface area contributed by atoms with E-state index in [9.17, 15) is 9.59 Å². The van der Waals surface area contributed by atoms with Gasteiger partial charge < -0.3 is 9.64 Å². The van der Waals surface area contributed by atoms with Crippen molar-refractivity contribution in [1.82, 2.24) is 9.88 Å². The molecule has 6 heteroatoms. The molecule has 0 unspecified atom stereocenters. The number of nitrogens with zero attached hydrogens (tertiary/aromatic N) is 2. The van der Waals surface area contributed by atoms with E-state index >= 15 is 0 Å². The van der Waals surface area contributed by atoms with E-state index in [0.29, 0.717) is 5.01 Å². The number of ether oxygens (including phenoxy) is 1. The molecule has 0 fully saturated rings. The Labute approximate surface area is 122 Å². The Bertz CT molecular complexity index is 539. The first-order valence-electron chi connectivity index (χ1n) is 6.61. The highest BCUT2D eigenvalue weighted by molar-refractivity contribution is 7.14. The minimum atomic E-state index is -0.596. The van der Waals surface area contributed by atoms with Crippen molar-refractivity contribution in [3.63, 3.8) is 0 Å². The lowest BCUT2D eigenvalue weighted by Crippen LogP contribution is -2.19. The maximum atomic E-state index is 12.5. The monoisotopic (exact) mass is 294 g/mol. The van der Waals surface area contributed by atoms with Crippen molar-refractivity contribution < 1.29 is 14.3 Å². The molecule has 1 heterocycles. The third kappa shape index (κ3) is 3.07. The van der Waals surface area contributed by atoms with Gasteiger partial charge in [-0.05, 0) is 26.2 Å². The van der Waals surface area contributed by atoms with Crippen molar-refractivity contribution in [2.75, 3.05) is 20.7 Å². The summed E-state index contributed by atoms with van der Waals surface area (Å²) in [5.74, 6) is -0.946. The summed E-state index contributed by atoms with van der Waals surface area (Å²) in [5, 5.41) is 0.385. The second kappa shape index (κ2) is 6.17. The lowest BCUT2D eigenvalue weighted by Gasteiger charge is -2.09. The molecule has 108 valence electrons. The van der Waals surface area contributed by atoms with E-state index in [0.717, 1.165) is 25.0 Å². The smallest absolute Gasteiger partial charge is 0.343 e. The lowest BCUT2D eigenvalue weighted by atomic mass is 10.2. The van der Waals surface area contributed by atoms with Crippen LogP contribution in [0, 0.1) is 0 Å². The zero-order valence-electron chi connectivity index (χ0n) is 11.9. The molecule has 0 spiro atoms. The van der Waals surface area contributed by atoms with Crippen LogP contribution in [0.3, 0.4) is 0 Å². The number of esters is 1. The molecule has 1 aliphatic rings. The Kier molecular flexibility index (Phi) is 4.54. The molecule has 0 saturated carbocycles. The van der Waals surface area contributed by atoms with Gasteiger partial charge in [0.05, 0.1) is 12.3 Å². The van der Waals surface area contributed by atoms with Crippen molar-refractivity contribution in [1.29, 1.82) is 0 Å². The molecule has 0 N–H and O–H groups in total. The first-order valence-corrected chi connectivity index (χ1v) is 7.43. The van der Waals surface area contributed by atoms with Crippen LogP contribution in [0.5, 0.6) is 0 Å². The number of carbonyl (C=O) groups excluding carboxylic acids is 2. The summed E-state index contributed by atoms with van der Waals surface area (Å²) in [6.07, 6.45) is 4.49. The first-order chi connectivity index (χ1) is 9.52. The third-order valence-electron chi connectivity index (χ3n) is 2.92. The van der Waals surface area contributed by atoms with E-state index < -0.39 is 5.97 Å². The number of ketones is 1. The van der Waals surface area contributed by atoms with Gasteiger partial charge in [0.2, 0.25) is 5.78 Å². The topological polar surface area (TPSA) is 59.5 Å². The van der Waals surface area contributed by atoms with Crippen LogP contribution >= 0.6 is 11.3 Å². The molecule has 0 aromatic carbocycles. The van der Waals surface area contributed by atoms with Crippen molar-refractivity contribution in [3.8, 4) is 0 Å². The zero-order valence-corrected chi connectivity index (χ0v) is 12.7. The molecule has 20 heavy (non-hydrogen) atoms. The van der Waals surface area contributed by atoms with Crippen LogP contribution in [0.1, 0.15) is 33.7 Å². The van der Waals surface area contributed by atoms with Crippen LogP contribution in [0.25, 0.3) is 0 Å². The van der Waals surface area contributed by atoms with Gasteiger partial charge in [-0.25, -0.2) is 9.78 Å². The van der Waals surface area contributed by atoms with Crippen molar-refractivity contribution in [3.05, 3.63) is 27.4 Å². The summed E-state index contributed by atoms with van der Waals surface area (Å²) in [7, 11) is 3.52. The zero-order chi connectivity index (χ0) is 14.7. The van der Waals surface area contributed by atoms with Gasteiger partial charge in [0.25, 0.3) is 0 Å². The molecule has 1 aromatic rings. The fourth-order valence-electron chi connectivity index (χ4n) is 2.07. The highest BCUT2D eigenvalue weighted by Gasteiger charge is 2.27. The van der Waals surface area contributed by atoms with Crippen LogP contribution in [-0.4, -0.2) is 42.3 Å². The van der Waals surface area contributed by atoms with Crippen molar-refractivity contribution in [2.45, 2.75) is 26.2 Å². The Balaban J connectivity index is 2.28. The van der Waals surface area contributed by atoms with Crippen molar-refractivity contribution >= 4 is 23.1 Å². The number of aryl methyl sites for hydroxylation is 2. The summed E-state index contributed by atoms with van der Waals surface area (Å²) < 4.78 is 4.95. The molecule has 0 atom stereocenters. The number of hydrogen-bond donors (Lipinski definition) is 0. The predicted octanol–water partition coefficient (Wildman–Crippen LogP) is 1.82. The SMILES string of the molecule is CCOC(=O)C(=CN(C)C)C(=O)c1nc2c(s1)CCC2. The molecule has 2 rings (SSSR count). The molecular formula is C14H18N2O3S. The largest absolute Gasteiger partial charge is 0.462 e. The molecule has 0 amide bonds. The average molecular weight is 294 g/mol. The highest BCUT2D eigenvalue weighted by Crippen LogP contribution is 2.28. The Morgan fingerprint density at radius 3 is 2.75 bits per heavy atom. The maximum absolute atomic E-state index is 12.5. The van der Waals surface area contributed by atoms with E-state index in [1.54, 1.807) is 25.9 Å². The first kappa shape index (κ1) is 14.7. The summed E-state index contributed by atoms with van der Waals surface area (Å²) in [4.78, 5) is 31.6. The lowest BCUT2D eigenvalue weighted by molar-refractivity contribution is -0.138. The van der Waals surface area contributed by atoms with Gasteiger partial charge >= 0.3 is 5.97 Å². The van der Waals surface area contributed by atoms with Gasteiger partial charge in [0.15, 0.2) is 5.01 Å². The fourth-order valence-corrected chi connectivity index (χ4v) is 3.18. The van der Waals surface area contributed by atoms with E-state index in [1.165, 1.54) is 22.4 Å². The molecule has 5 nitrogen and oxygen atoms in total. The minimum absolute atomic E-state index is 0.0317. The van der Waals surface area contributed by atoms with Crippen LogP contribution < -0.4 is 0 Å². The minimum Gasteiger partial charge on any atom is -0.462 e. The molecule has 0 saturated heterocycles. The average Bonchev–Trinajstić information content (AvgIpc) is 2.95. The number of aromatic nitrogens is 1. The summed E-state index contributed by atoms with van der Waals surface area (Å²) in [5.41, 5.74) is 1.04. The quantitative estimate of drug-likeness (QED) is 0.272. The number of hydrogen-bond acceptors (Lipinski definition) is 6. The molecule has 0 radical (unpaired) electrons. The van der Waals surface area contributed by atoms with E-state index in [1.807, 2.05) is 0 Å². The number of carbonyl (C=O) groups is 2. The van der Waals surface area contributed by atoms with Gasteiger partial charge in [-0.15, -0.1) is 11.3 Å². The molecule has 0 bridgehead atoms. The molecule has 1 aliphatic carbocycles.